The van der Waals surface area contributed by atoms with Crippen LogP contribution in [0.5, 0.6) is 5.75 Å². The topological polar surface area (TPSA) is 127 Å². The SMILES string of the molecule is C=C/C=C(/N)N(C)CCNCc1cc2cc(-c3ncc(C(=O)O)cn3)cc(OC)c2o1. The molecule has 2 aromatic heterocycles. The number of rotatable bonds is 10. The molecule has 4 N–H and O–H groups in total. The normalized spacial score (nSPS) is 11.5. The number of likely N-dealkylation sites (N-methyl/N-ethyl adjacent to an activating group) is 1. The van der Waals surface area contributed by atoms with Crippen molar-refractivity contribution in [3.05, 3.63) is 66.5 Å². The van der Waals surface area contributed by atoms with Crippen LogP contribution < -0.4 is 15.8 Å². The molecule has 0 atom stereocenters. The third kappa shape index (κ3) is 5.20. The minimum atomic E-state index is -1.07. The lowest BCUT2D eigenvalue weighted by Crippen LogP contribution is -2.31. The van der Waals surface area contributed by atoms with Crippen LogP contribution in [0.3, 0.4) is 0 Å². The fraction of sp³-hybridized carbons (Fsp3) is 0.227. The molecule has 0 spiro atoms. The summed E-state index contributed by atoms with van der Waals surface area (Å²) in [6.07, 6.45) is 5.96. The first kappa shape index (κ1) is 21.8. The van der Waals surface area contributed by atoms with Crippen molar-refractivity contribution in [1.29, 1.82) is 0 Å². The van der Waals surface area contributed by atoms with E-state index in [2.05, 4.69) is 21.9 Å². The van der Waals surface area contributed by atoms with E-state index in [0.717, 1.165) is 17.7 Å². The van der Waals surface area contributed by atoms with Crippen molar-refractivity contribution in [3.63, 3.8) is 0 Å². The first-order valence-corrected chi connectivity index (χ1v) is 9.59. The summed E-state index contributed by atoms with van der Waals surface area (Å²) in [7, 11) is 3.47. The predicted octanol–water partition coefficient (Wildman–Crippen LogP) is 2.60. The van der Waals surface area contributed by atoms with Crippen LogP contribution in [-0.4, -0.2) is 53.2 Å². The van der Waals surface area contributed by atoms with Crippen molar-refractivity contribution < 1.29 is 19.1 Å². The van der Waals surface area contributed by atoms with E-state index < -0.39 is 5.97 Å². The highest BCUT2D eigenvalue weighted by molar-refractivity contribution is 5.89. The molecule has 0 aliphatic heterocycles. The van der Waals surface area contributed by atoms with Gasteiger partial charge in [0.25, 0.3) is 0 Å². The number of hydrogen-bond donors (Lipinski definition) is 3. The van der Waals surface area contributed by atoms with Gasteiger partial charge in [-0.05, 0) is 24.3 Å². The van der Waals surface area contributed by atoms with Gasteiger partial charge in [-0.2, -0.15) is 0 Å². The summed E-state index contributed by atoms with van der Waals surface area (Å²) in [6.45, 7) is 5.62. The third-order valence-corrected chi connectivity index (χ3v) is 4.66. The maximum absolute atomic E-state index is 11.0. The van der Waals surface area contributed by atoms with Crippen molar-refractivity contribution in [1.82, 2.24) is 20.2 Å². The van der Waals surface area contributed by atoms with Gasteiger partial charge in [0.15, 0.2) is 17.2 Å². The van der Waals surface area contributed by atoms with Crippen LogP contribution in [0.25, 0.3) is 22.4 Å². The Morgan fingerprint density at radius 2 is 2.10 bits per heavy atom. The molecule has 0 unspecified atom stereocenters. The molecule has 0 saturated carbocycles. The quantitative estimate of drug-likeness (QED) is 0.333. The van der Waals surface area contributed by atoms with Crippen LogP contribution in [-0.2, 0) is 6.54 Å². The van der Waals surface area contributed by atoms with Crippen molar-refractivity contribution in [2.75, 3.05) is 27.2 Å². The maximum Gasteiger partial charge on any atom is 0.338 e. The smallest absolute Gasteiger partial charge is 0.338 e. The van der Waals surface area contributed by atoms with E-state index in [9.17, 15) is 4.79 Å². The van der Waals surface area contributed by atoms with Crippen LogP contribution in [0.2, 0.25) is 0 Å². The monoisotopic (exact) mass is 423 g/mol. The molecular weight excluding hydrogens is 398 g/mol. The molecule has 3 aromatic rings. The number of hydrogen-bond acceptors (Lipinski definition) is 8. The maximum atomic E-state index is 11.0. The molecule has 0 aliphatic rings. The van der Waals surface area contributed by atoms with Crippen molar-refractivity contribution >= 4 is 16.9 Å². The van der Waals surface area contributed by atoms with Gasteiger partial charge in [0.2, 0.25) is 0 Å². The average molecular weight is 423 g/mol. The van der Waals surface area contributed by atoms with Gasteiger partial charge in [-0.1, -0.05) is 12.7 Å². The molecule has 9 heteroatoms. The van der Waals surface area contributed by atoms with Gasteiger partial charge < -0.3 is 30.2 Å². The van der Waals surface area contributed by atoms with E-state index in [1.165, 1.54) is 12.4 Å². The van der Waals surface area contributed by atoms with Gasteiger partial charge in [-0.3, -0.25) is 0 Å². The van der Waals surface area contributed by atoms with Gasteiger partial charge >= 0.3 is 5.97 Å². The van der Waals surface area contributed by atoms with E-state index in [1.54, 1.807) is 25.3 Å². The van der Waals surface area contributed by atoms with Crippen molar-refractivity contribution in [3.8, 4) is 17.1 Å². The standard InChI is InChI=1S/C22H25N5O4/c1-4-5-19(23)27(2)7-6-24-13-17-9-14-8-15(10-18(30-3)20(14)31-17)21-25-11-16(12-26-21)22(28)29/h4-5,8-12,24H,1,6-7,13,23H2,2-3H3,(H,28,29)/b19-5-. The number of aromatic carboxylic acids is 1. The number of benzene rings is 1. The number of nitrogens with one attached hydrogen (secondary N) is 1. The van der Waals surface area contributed by atoms with Gasteiger partial charge in [0, 0.05) is 43.5 Å². The number of carboxylic acids is 1. The highest BCUT2D eigenvalue weighted by atomic mass is 16.5. The summed E-state index contributed by atoms with van der Waals surface area (Å²) in [5.41, 5.74) is 7.26. The molecular formula is C22H25N5O4. The second-order valence-corrected chi connectivity index (χ2v) is 6.84. The van der Waals surface area contributed by atoms with E-state index in [1.807, 2.05) is 24.1 Å². The number of aromatic nitrogens is 2. The number of ether oxygens (including phenoxy) is 1. The Morgan fingerprint density at radius 3 is 2.74 bits per heavy atom. The van der Waals surface area contributed by atoms with Crippen LogP contribution in [0.4, 0.5) is 0 Å². The second kappa shape index (κ2) is 9.77. The molecule has 9 nitrogen and oxygen atoms in total. The average Bonchev–Trinajstić information content (AvgIpc) is 3.19. The largest absolute Gasteiger partial charge is 0.493 e. The Hall–Kier alpha value is -3.85. The summed E-state index contributed by atoms with van der Waals surface area (Å²) < 4.78 is 11.4. The fourth-order valence-corrected chi connectivity index (χ4v) is 2.97. The third-order valence-electron chi connectivity index (χ3n) is 4.66. The summed E-state index contributed by atoms with van der Waals surface area (Å²) in [6, 6.07) is 5.58. The lowest BCUT2D eigenvalue weighted by atomic mass is 10.1. The molecule has 0 radical (unpaired) electrons. The van der Waals surface area contributed by atoms with Crippen LogP contribution in [0.15, 0.2) is 59.6 Å². The molecule has 0 amide bonds. The molecule has 0 fully saturated rings. The summed E-state index contributed by atoms with van der Waals surface area (Å²) in [5.74, 6) is 1.28. The minimum Gasteiger partial charge on any atom is -0.493 e. The van der Waals surface area contributed by atoms with Gasteiger partial charge in [-0.25, -0.2) is 14.8 Å². The zero-order valence-corrected chi connectivity index (χ0v) is 17.5. The van der Waals surface area contributed by atoms with Gasteiger partial charge in [-0.15, -0.1) is 0 Å². The van der Waals surface area contributed by atoms with Crippen LogP contribution in [0, 0.1) is 0 Å². The number of nitrogens with zero attached hydrogens (tertiary/aromatic N) is 3. The molecule has 0 aliphatic carbocycles. The molecule has 0 bridgehead atoms. The number of allylic oxidation sites excluding steroid dienone is 2. The Labute approximate surface area is 179 Å². The number of carboxylic acid groups (broad SMARTS) is 1. The molecule has 2 heterocycles. The van der Waals surface area contributed by atoms with E-state index in [0.29, 0.717) is 41.6 Å². The molecule has 0 saturated heterocycles. The summed E-state index contributed by atoms with van der Waals surface area (Å²) in [5, 5.41) is 13.2. The Morgan fingerprint density at radius 1 is 1.35 bits per heavy atom. The number of nitrogens with two attached hydrogens (primary N) is 1. The highest BCUT2D eigenvalue weighted by Gasteiger charge is 2.14. The summed E-state index contributed by atoms with van der Waals surface area (Å²) in [4.78, 5) is 21.2. The lowest BCUT2D eigenvalue weighted by molar-refractivity contribution is 0.0696. The van der Waals surface area contributed by atoms with E-state index in [4.69, 9.17) is 20.0 Å². The predicted molar refractivity (Wildman–Crippen MR) is 118 cm³/mol. The molecule has 31 heavy (non-hydrogen) atoms. The van der Waals surface area contributed by atoms with Gasteiger partial charge in [0.05, 0.1) is 25.0 Å². The highest BCUT2D eigenvalue weighted by Crippen LogP contribution is 2.33. The fourth-order valence-electron chi connectivity index (χ4n) is 2.97. The van der Waals surface area contributed by atoms with Crippen LogP contribution in [0.1, 0.15) is 16.1 Å². The Balaban J connectivity index is 1.73. The van der Waals surface area contributed by atoms with E-state index >= 15 is 0 Å². The molecule has 3 rings (SSSR count). The van der Waals surface area contributed by atoms with Crippen molar-refractivity contribution in [2.45, 2.75) is 6.54 Å². The lowest BCUT2D eigenvalue weighted by Gasteiger charge is -2.18. The number of fused-ring (bicyclic) bond motifs is 1. The van der Waals surface area contributed by atoms with E-state index in [-0.39, 0.29) is 5.56 Å². The summed E-state index contributed by atoms with van der Waals surface area (Å²) >= 11 is 0. The number of methoxy groups -OCH3 is 1. The second-order valence-electron chi connectivity index (χ2n) is 6.84. The first-order chi connectivity index (χ1) is 14.9. The number of carbonyl (C=O) groups is 1. The molecule has 1 aromatic carbocycles. The van der Waals surface area contributed by atoms with Crippen molar-refractivity contribution in [2.24, 2.45) is 5.73 Å². The Kier molecular flexibility index (Phi) is 6.88. The zero-order chi connectivity index (χ0) is 22.4. The molecule has 162 valence electrons. The first-order valence-electron chi connectivity index (χ1n) is 9.59. The Bertz CT molecular complexity index is 1110. The van der Waals surface area contributed by atoms with Gasteiger partial charge in [0.1, 0.15) is 5.76 Å². The van der Waals surface area contributed by atoms with Crippen LogP contribution >= 0.6 is 0 Å². The zero-order valence-electron chi connectivity index (χ0n) is 17.5. The minimum absolute atomic E-state index is 0.0286. The number of furan rings is 1.